The number of carbonyl (C=O) groups excluding carboxylic acids is 1. The molecule has 0 unspecified atom stereocenters. The van der Waals surface area contributed by atoms with Crippen LogP contribution in [-0.2, 0) is 11.3 Å². The van der Waals surface area contributed by atoms with Gasteiger partial charge in [0.2, 0.25) is 5.91 Å². The number of hydrogen-bond donors (Lipinski definition) is 2. The molecule has 1 amide bonds. The number of aromatic nitrogens is 2. The summed E-state index contributed by atoms with van der Waals surface area (Å²) in [5.41, 5.74) is 6.91. The van der Waals surface area contributed by atoms with Gasteiger partial charge in [0.15, 0.2) is 5.65 Å². The van der Waals surface area contributed by atoms with Crippen LogP contribution in [-0.4, -0.2) is 21.2 Å². The Morgan fingerprint density at radius 2 is 1.92 bits per heavy atom. The SMILES string of the molecule is Cc1cccc(NC(=O)CCl)c1CNc1cccn2c(C)c(C)nc12. The van der Waals surface area contributed by atoms with Crippen LogP contribution in [0.25, 0.3) is 5.65 Å². The third kappa shape index (κ3) is 3.46. The number of benzene rings is 1. The van der Waals surface area contributed by atoms with Crippen molar-refractivity contribution in [3.8, 4) is 0 Å². The summed E-state index contributed by atoms with van der Waals surface area (Å²) in [6.07, 6.45) is 2.01. The molecule has 0 radical (unpaired) electrons. The van der Waals surface area contributed by atoms with E-state index in [0.29, 0.717) is 6.54 Å². The zero-order valence-electron chi connectivity index (χ0n) is 14.6. The molecule has 1 aromatic carbocycles. The smallest absolute Gasteiger partial charge is 0.239 e. The number of aryl methyl sites for hydroxylation is 3. The van der Waals surface area contributed by atoms with Gasteiger partial charge in [-0.2, -0.15) is 0 Å². The average molecular weight is 357 g/mol. The molecule has 0 spiro atoms. The topological polar surface area (TPSA) is 58.4 Å². The highest BCUT2D eigenvalue weighted by atomic mass is 35.5. The van der Waals surface area contributed by atoms with Crippen LogP contribution in [0.1, 0.15) is 22.5 Å². The monoisotopic (exact) mass is 356 g/mol. The first-order valence-corrected chi connectivity index (χ1v) is 8.67. The lowest BCUT2D eigenvalue weighted by molar-refractivity contribution is -0.113. The zero-order valence-corrected chi connectivity index (χ0v) is 15.3. The van der Waals surface area contributed by atoms with Crippen LogP contribution in [0.3, 0.4) is 0 Å². The van der Waals surface area contributed by atoms with Crippen LogP contribution in [0.4, 0.5) is 11.4 Å². The molecule has 0 atom stereocenters. The fraction of sp³-hybridized carbons (Fsp3) is 0.263. The van der Waals surface area contributed by atoms with E-state index in [0.717, 1.165) is 39.5 Å². The molecule has 3 rings (SSSR count). The molecular formula is C19H21ClN4O. The number of rotatable bonds is 5. The molecule has 130 valence electrons. The largest absolute Gasteiger partial charge is 0.378 e. The van der Waals surface area contributed by atoms with Crippen molar-refractivity contribution in [2.75, 3.05) is 16.5 Å². The maximum absolute atomic E-state index is 11.7. The van der Waals surface area contributed by atoms with Crippen LogP contribution in [0, 0.1) is 20.8 Å². The van der Waals surface area contributed by atoms with E-state index in [4.69, 9.17) is 11.6 Å². The van der Waals surface area contributed by atoms with Crippen molar-refractivity contribution in [3.63, 3.8) is 0 Å². The van der Waals surface area contributed by atoms with Gasteiger partial charge >= 0.3 is 0 Å². The Labute approximate surface area is 152 Å². The predicted molar refractivity (Wildman–Crippen MR) is 103 cm³/mol. The van der Waals surface area contributed by atoms with E-state index in [1.165, 1.54) is 0 Å². The molecular weight excluding hydrogens is 336 g/mol. The molecule has 2 aromatic heterocycles. The van der Waals surface area contributed by atoms with Gasteiger partial charge in [-0.15, -0.1) is 11.6 Å². The maximum atomic E-state index is 11.7. The minimum atomic E-state index is -0.213. The second kappa shape index (κ2) is 7.15. The Balaban J connectivity index is 1.90. The predicted octanol–water partition coefficient (Wildman–Crippen LogP) is 4.05. The Morgan fingerprint density at radius 3 is 2.68 bits per heavy atom. The van der Waals surface area contributed by atoms with Crippen LogP contribution in [0.2, 0.25) is 0 Å². The summed E-state index contributed by atoms with van der Waals surface area (Å²) in [6.45, 7) is 6.67. The number of amides is 1. The zero-order chi connectivity index (χ0) is 18.0. The Kier molecular flexibility index (Phi) is 4.95. The molecule has 6 heteroatoms. The number of hydrogen-bond acceptors (Lipinski definition) is 3. The van der Waals surface area contributed by atoms with E-state index in [2.05, 4.69) is 26.9 Å². The van der Waals surface area contributed by atoms with Crippen molar-refractivity contribution >= 4 is 34.5 Å². The van der Waals surface area contributed by atoms with Gasteiger partial charge < -0.3 is 15.0 Å². The highest BCUT2D eigenvalue weighted by molar-refractivity contribution is 6.29. The third-order valence-corrected chi connectivity index (χ3v) is 4.63. The Hall–Kier alpha value is -2.53. The van der Waals surface area contributed by atoms with Crippen LogP contribution < -0.4 is 10.6 Å². The van der Waals surface area contributed by atoms with Crippen molar-refractivity contribution < 1.29 is 4.79 Å². The Morgan fingerprint density at radius 1 is 1.16 bits per heavy atom. The highest BCUT2D eigenvalue weighted by Gasteiger charge is 2.11. The van der Waals surface area contributed by atoms with Gasteiger partial charge in [-0.3, -0.25) is 4.79 Å². The molecule has 2 heterocycles. The highest BCUT2D eigenvalue weighted by Crippen LogP contribution is 2.24. The quantitative estimate of drug-likeness (QED) is 0.678. The standard InChI is InChI=1S/C19H21ClN4O/c1-12-6-4-7-16(23-18(25)10-20)15(12)11-21-17-8-5-9-24-14(3)13(2)22-19(17)24/h4-9,21H,10-11H2,1-3H3,(H,23,25). The number of imidazole rings is 1. The van der Waals surface area contributed by atoms with Gasteiger partial charge in [0.1, 0.15) is 5.88 Å². The van der Waals surface area contributed by atoms with Crippen molar-refractivity contribution in [2.45, 2.75) is 27.3 Å². The number of anilines is 2. The number of alkyl halides is 1. The van der Waals surface area contributed by atoms with E-state index in [9.17, 15) is 4.79 Å². The summed E-state index contributed by atoms with van der Waals surface area (Å²) in [4.78, 5) is 16.3. The molecule has 5 nitrogen and oxygen atoms in total. The van der Waals surface area contributed by atoms with Gasteiger partial charge in [0.05, 0.1) is 11.4 Å². The van der Waals surface area contributed by atoms with Crippen LogP contribution in [0.5, 0.6) is 0 Å². The summed E-state index contributed by atoms with van der Waals surface area (Å²) in [5, 5.41) is 6.31. The average Bonchev–Trinajstić information content (AvgIpc) is 2.89. The second-order valence-corrected chi connectivity index (χ2v) is 6.30. The van der Waals surface area contributed by atoms with Gasteiger partial charge in [-0.25, -0.2) is 4.98 Å². The van der Waals surface area contributed by atoms with E-state index < -0.39 is 0 Å². The van der Waals surface area contributed by atoms with Gasteiger partial charge in [0.25, 0.3) is 0 Å². The molecule has 2 N–H and O–H groups in total. The van der Waals surface area contributed by atoms with Crippen LogP contribution in [0.15, 0.2) is 36.5 Å². The number of fused-ring (bicyclic) bond motifs is 1. The Bertz CT molecular complexity index is 933. The summed E-state index contributed by atoms with van der Waals surface area (Å²) >= 11 is 5.61. The van der Waals surface area contributed by atoms with Gasteiger partial charge in [-0.05, 0) is 50.1 Å². The molecule has 3 aromatic rings. The van der Waals surface area contributed by atoms with Gasteiger partial charge in [-0.1, -0.05) is 12.1 Å². The lowest BCUT2D eigenvalue weighted by Gasteiger charge is -2.15. The van der Waals surface area contributed by atoms with Crippen molar-refractivity contribution in [3.05, 3.63) is 59.0 Å². The fourth-order valence-corrected chi connectivity index (χ4v) is 2.93. The normalized spacial score (nSPS) is 10.9. The number of halogens is 1. The molecule has 0 aliphatic heterocycles. The van der Waals surface area contributed by atoms with Crippen LogP contribution >= 0.6 is 11.6 Å². The van der Waals surface area contributed by atoms with Crippen molar-refractivity contribution in [1.29, 1.82) is 0 Å². The molecule has 0 bridgehead atoms. The summed E-state index contributed by atoms with van der Waals surface area (Å²) in [6, 6.07) is 9.84. The summed E-state index contributed by atoms with van der Waals surface area (Å²) in [5.74, 6) is -0.276. The van der Waals surface area contributed by atoms with Crippen molar-refractivity contribution in [2.24, 2.45) is 0 Å². The van der Waals surface area contributed by atoms with E-state index >= 15 is 0 Å². The van der Waals surface area contributed by atoms with E-state index in [1.54, 1.807) is 0 Å². The molecule has 0 aliphatic carbocycles. The maximum Gasteiger partial charge on any atom is 0.239 e. The number of pyridine rings is 1. The first kappa shape index (κ1) is 17.3. The van der Waals surface area contributed by atoms with Gasteiger partial charge in [0, 0.05) is 24.1 Å². The molecule has 25 heavy (non-hydrogen) atoms. The summed E-state index contributed by atoms with van der Waals surface area (Å²) in [7, 11) is 0. The van der Waals surface area contributed by atoms with E-state index in [1.807, 2.05) is 50.4 Å². The van der Waals surface area contributed by atoms with Crippen molar-refractivity contribution in [1.82, 2.24) is 9.38 Å². The lowest BCUT2D eigenvalue weighted by atomic mass is 10.1. The first-order valence-electron chi connectivity index (χ1n) is 8.13. The number of nitrogens with zero attached hydrogens (tertiary/aromatic N) is 2. The number of nitrogens with one attached hydrogen (secondary N) is 2. The third-order valence-electron chi connectivity index (χ3n) is 4.39. The fourth-order valence-electron chi connectivity index (χ4n) is 2.86. The minimum Gasteiger partial charge on any atom is -0.378 e. The lowest BCUT2D eigenvalue weighted by Crippen LogP contribution is -2.15. The van der Waals surface area contributed by atoms with E-state index in [-0.39, 0.29) is 11.8 Å². The molecule has 0 aliphatic rings. The molecule has 0 fully saturated rings. The second-order valence-electron chi connectivity index (χ2n) is 6.03. The first-order chi connectivity index (χ1) is 12.0. The minimum absolute atomic E-state index is 0.0628. The number of carbonyl (C=O) groups is 1. The molecule has 0 saturated heterocycles. The summed E-state index contributed by atoms with van der Waals surface area (Å²) < 4.78 is 2.08. The molecule has 0 saturated carbocycles.